The normalized spacial score (nSPS) is 17.1. The van der Waals surface area contributed by atoms with Gasteiger partial charge in [0.1, 0.15) is 11.8 Å². The van der Waals surface area contributed by atoms with Crippen molar-refractivity contribution in [2.24, 2.45) is 0 Å². The molecule has 0 aromatic heterocycles. The van der Waals surface area contributed by atoms with Crippen LogP contribution >= 0.6 is 11.6 Å². The van der Waals surface area contributed by atoms with E-state index in [1.165, 1.54) is 50.6 Å². The van der Waals surface area contributed by atoms with Crippen LogP contribution in [0.15, 0.2) is 41.3 Å². The molecule has 1 saturated heterocycles. The van der Waals surface area contributed by atoms with E-state index in [1.807, 2.05) is 0 Å². The Bertz CT molecular complexity index is 1030. The number of halogens is 1. The number of ether oxygens (including phenoxy) is 2. The zero-order valence-corrected chi connectivity index (χ0v) is 17.5. The van der Waals surface area contributed by atoms with Gasteiger partial charge in [-0.3, -0.25) is 4.79 Å². The summed E-state index contributed by atoms with van der Waals surface area (Å²) in [5.41, 5.74) is 0.123. The van der Waals surface area contributed by atoms with Gasteiger partial charge >= 0.3 is 0 Å². The number of anilines is 1. The number of amides is 1. The second kappa shape index (κ2) is 8.48. The summed E-state index contributed by atoms with van der Waals surface area (Å²) in [4.78, 5) is 12.8. The van der Waals surface area contributed by atoms with Crippen molar-refractivity contribution in [1.29, 1.82) is 0 Å². The van der Waals surface area contributed by atoms with Gasteiger partial charge in [-0.2, -0.15) is 4.31 Å². The molecule has 1 amide bonds. The Hall–Kier alpha value is -2.49. The first-order chi connectivity index (χ1) is 13.8. The fraction of sp³-hybridized carbons (Fsp3) is 0.316. The fourth-order valence-electron chi connectivity index (χ4n) is 3.23. The average Bonchev–Trinajstić information content (AvgIpc) is 3.21. The number of benzene rings is 2. The average molecular weight is 441 g/mol. The molecule has 1 aliphatic heterocycles. The molecular weight excluding hydrogens is 420 g/mol. The second-order valence-corrected chi connectivity index (χ2v) is 8.77. The molecule has 1 fully saturated rings. The highest BCUT2D eigenvalue weighted by atomic mass is 35.5. The maximum absolute atomic E-state index is 13.2. The molecule has 0 spiro atoms. The molecule has 2 aromatic carbocycles. The lowest BCUT2D eigenvalue weighted by atomic mass is 10.2. The maximum atomic E-state index is 13.2. The lowest BCUT2D eigenvalue weighted by Gasteiger charge is -2.24. The first-order valence-corrected chi connectivity index (χ1v) is 10.6. The van der Waals surface area contributed by atoms with E-state index in [2.05, 4.69) is 5.32 Å². The number of carbonyl (C=O) groups excluding carboxylic acids is 1. The fourth-order valence-corrected chi connectivity index (χ4v) is 5.07. The van der Waals surface area contributed by atoms with E-state index in [4.69, 9.17) is 21.1 Å². The first-order valence-electron chi connectivity index (χ1n) is 8.81. The van der Waals surface area contributed by atoms with Gasteiger partial charge in [0.2, 0.25) is 15.9 Å². The molecule has 2 aromatic rings. The van der Waals surface area contributed by atoms with Crippen molar-refractivity contribution in [3.8, 4) is 17.2 Å². The largest absolute Gasteiger partial charge is 0.506 e. The van der Waals surface area contributed by atoms with Crippen LogP contribution in [0.3, 0.4) is 0 Å². The van der Waals surface area contributed by atoms with Crippen LogP contribution < -0.4 is 14.8 Å². The number of hydrogen-bond acceptors (Lipinski definition) is 6. The van der Waals surface area contributed by atoms with E-state index in [-0.39, 0.29) is 28.6 Å². The van der Waals surface area contributed by atoms with E-state index in [0.29, 0.717) is 23.6 Å². The van der Waals surface area contributed by atoms with Gasteiger partial charge in [0.05, 0.1) is 24.8 Å². The van der Waals surface area contributed by atoms with Gasteiger partial charge < -0.3 is 19.9 Å². The van der Waals surface area contributed by atoms with Crippen LogP contribution in [-0.4, -0.2) is 50.5 Å². The third-order valence-electron chi connectivity index (χ3n) is 4.68. The van der Waals surface area contributed by atoms with Crippen molar-refractivity contribution in [1.82, 2.24) is 4.31 Å². The summed E-state index contributed by atoms with van der Waals surface area (Å²) in [7, 11) is -1.08. The number of carbonyl (C=O) groups is 1. The molecule has 0 radical (unpaired) electrons. The first kappa shape index (κ1) is 21.2. The number of aromatic hydroxyl groups is 1. The summed E-state index contributed by atoms with van der Waals surface area (Å²) in [6.07, 6.45) is 0.895. The zero-order valence-electron chi connectivity index (χ0n) is 15.9. The summed E-state index contributed by atoms with van der Waals surface area (Å²) in [5.74, 6) is -0.0182. The molecule has 0 aliphatic carbocycles. The minimum absolute atomic E-state index is 0.000419. The molecule has 8 nitrogen and oxygen atoms in total. The molecule has 1 heterocycles. The topological polar surface area (TPSA) is 105 Å². The van der Waals surface area contributed by atoms with Crippen LogP contribution in [0.25, 0.3) is 0 Å². The monoisotopic (exact) mass is 440 g/mol. The summed E-state index contributed by atoms with van der Waals surface area (Å²) >= 11 is 5.90. The smallest absolute Gasteiger partial charge is 0.243 e. The Balaban J connectivity index is 1.87. The molecule has 1 atom stereocenters. The summed E-state index contributed by atoms with van der Waals surface area (Å²) in [5, 5.41) is 12.8. The summed E-state index contributed by atoms with van der Waals surface area (Å²) in [6, 6.07) is 7.60. The SMILES string of the molecule is COc1ccc(S(=O)(=O)N2CCCC2C(=O)Nc2cc(Cl)ccc2O)cc1OC. The van der Waals surface area contributed by atoms with Gasteiger partial charge in [0.25, 0.3) is 0 Å². The quantitative estimate of drug-likeness (QED) is 0.669. The molecule has 2 N–H and O–H groups in total. The maximum Gasteiger partial charge on any atom is 0.243 e. The minimum atomic E-state index is -3.95. The lowest BCUT2D eigenvalue weighted by Crippen LogP contribution is -2.43. The third kappa shape index (κ3) is 4.26. The number of nitrogens with zero attached hydrogens (tertiary/aromatic N) is 1. The van der Waals surface area contributed by atoms with Crippen molar-refractivity contribution in [3.05, 3.63) is 41.4 Å². The number of nitrogens with one attached hydrogen (secondary N) is 1. The molecule has 156 valence electrons. The van der Waals surface area contributed by atoms with Crippen LogP contribution in [0.5, 0.6) is 17.2 Å². The van der Waals surface area contributed by atoms with E-state index >= 15 is 0 Å². The predicted octanol–water partition coefficient (Wildman–Crippen LogP) is 2.85. The van der Waals surface area contributed by atoms with Crippen molar-refractivity contribution in [3.63, 3.8) is 0 Å². The van der Waals surface area contributed by atoms with Crippen LogP contribution in [-0.2, 0) is 14.8 Å². The Kier molecular flexibility index (Phi) is 6.21. The van der Waals surface area contributed by atoms with Gasteiger partial charge in [0.15, 0.2) is 11.5 Å². The van der Waals surface area contributed by atoms with Crippen LogP contribution in [0.2, 0.25) is 5.02 Å². The Morgan fingerprint density at radius 1 is 1.17 bits per heavy atom. The van der Waals surface area contributed by atoms with Crippen molar-refractivity contribution >= 4 is 33.2 Å². The third-order valence-corrected chi connectivity index (χ3v) is 6.82. The number of methoxy groups -OCH3 is 2. The minimum Gasteiger partial charge on any atom is -0.506 e. The highest BCUT2D eigenvalue weighted by molar-refractivity contribution is 7.89. The second-order valence-electron chi connectivity index (χ2n) is 6.44. The van der Waals surface area contributed by atoms with E-state index in [0.717, 1.165) is 4.31 Å². The summed E-state index contributed by atoms with van der Waals surface area (Å²) in [6.45, 7) is 0.205. The van der Waals surface area contributed by atoms with E-state index in [9.17, 15) is 18.3 Å². The van der Waals surface area contributed by atoms with Gasteiger partial charge in [-0.25, -0.2) is 8.42 Å². The molecule has 0 bridgehead atoms. The van der Waals surface area contributed by atoms with Gasteiger partial charge in [0, 0.05) is 17.6 Å². The predicted molar refractivity (Wildman–Crippen MR) is 108 cm³/mol. The number of phenols is 1. The molecule has 1 aliphatic rings. The standard InChI is InChI=1S/C19H21ClN2O6S/c1-27-17-8-6-13(11-18(17)28-2)29(25,26)22-9-3-4-15(22)19(24)21-14-10-12(20)5-7-16(14)23/h5-8,10-11,15,23H,3-4,9H2,1-2H3,(H,21,24). The summed E-state index contributed by atoms with van der Waals surface area (Å²) < 4.78 is 37.8. The van der Waals surface area contributed by atoms with Gasteiger partial charge in [-0.15, -0.1) is 0 Å². The molecule has 10 heteroatoms. The lowest BCUT2D eigenvalue weighted by molar-refractivity contribution is -0.119. The molecule has 0 saturated carbocycles. The highest BCUT2D eigenvalue weighted by Crippen LogP contribution is 2.34. The Labute approximate surface area is 174 Å². The number of hydrogen-bond donors (Lipinski definition) is 2. The Morgan fingerprint density at radius 2 is 1.90 bits per heavy atom. The number of sulfonamides is 1. The molecule has 29 heavy (non-hydrogen) atoms. The number of phenolic OH excluding ortho intramolecular Hbond substituents is 1. The van der Waals surface area contributed by atoms with Crippen LogP contribution in [0.4, 0.5) is 5.69 Å². The van der Waals surface area contributed by atoms with Crippen LogP contribution in [0, 0.1) is 0 Å². The van der Waals surface area contributed by atoms with E-state index in [1.54, 1.807) is 0 Å². The van der Waals surface area contributed by atoms with Crippen molar-refractivity contribution in [2.45, 2.75) is 23.8 Å². The van der Waals surface area contributed by atoms with Crippen molar-refractivity contribution in [2.75, 3.05) is 26.1 Å². The van der Waals surface area contributed by atoms with Gasteiger partial charge in [-0.05, 0) is 43.2 Å². The van der Waals surface area contributed by atoms with E-state index < -0.39 is 22.0 Å². The molecule has 3 rings (SSSR count). The number of rotatable bonds is 6. The molecule has 1 unspecified atom stereocenters. The molecular formula is C19H21ClN2O6S. The Morgan fingerprint density at radius 3 is 2.59 bits per heavy atom. The van der Waals surface area contributed by atoms with Crippen LogP contribution in [0.1, 0.15) is 12.8 Å². The highest BCUT2D eigenvalue weighted by Gasteiger charge is 2.40. The van der Waals surface area contributed by atoms with Crippen molar-refractivity contribution < 1.29 is 27.8 Å². The van der Waals surface area contributed by atoms with Gasteiger partial charge in [-0.1, -0.05) is 11.6 Å². The zero-order chi connectivity index (χ0) is 21.2.